The Hall–Kier alpha value is -2.07. The summed E-state index contributed by atoms with van der Waals surface area (Å²) in [6, 6.07) is 9.42. The van der Waals surface area contributed by atoms with Gasteiger partial charge in [0.1, 0.15) is 18.3 Å². The van der Waals surface area contributed by atoms with Crippen LogP contribution in [0.3, 0.4) is 0 Å². The van der Waals surface area contributed by atoms with E-state index in [4.69, 9.17) is 16.0 Å². The van der Waals surface area contributed by atoms with Gasteiger partial charge in [0.25, 0.3) is 5.71 Å². The molecule has 1 aliphatic rings. The normalized spacial score (nSPS) is 24.3. The molecule has 0 spiro atoms. The highest BCUT2D eigenvalue weighted by molar-refractivity contribution is 5.89. The van der Waals surface area contributed by atoms with Crippen LogP contribution in [-0.4, -0.2) is 45.2 Å². The number of hydrogen-bond donors (Lipinski definition) is 2. The van der Waals surface area contributed by atoms with Gasteiger partial charge in [-0.3, -0.25) is 5.21 Å². The Morgan fingerprint density at radius 2 is 2.14 bits per heavy atom. The maximum absolute atomic E-state index is 11.7. The lowest BCUT2D eigenvalue weighted by Crippen LogP contribution is -2.41. The molecule has 0 saturated heterocycles. The minimum atomic E-state index is -1.37. The number of hydrogen-bond acceptors (Lipinski definition) is 5. The minimum Gasteiger partial charge on any atom is -0.393 e. The van der Waals surface area contributed by atoms with E-state index in [0.717, 1.165) is 5.56 Å². The average Bonchev–Trinajstić information content (AvgIpc) is 2.80. The molecule has 1 aliphatic heterocycles. The zero-order valence-corrected chi connectivity index (χ0v) is 11.5. The van der Waals surface area contributed by atoms with Crippen molar-refractivity contribution < 1.29 is 24.7 Å². The van der Waals surface area contributed by atoms with E-state index in [9.17, 15) is 15.4 Å². The van der Waals surface area contributed by atoms with E-state index in [1.807, 2.05) is 36.3 Å². The van der Waals surface area contributed by atoms with Gasteiger partial charge in [0.2, 0.25) is 0 Å². The molecule has 0 fully saturated rings. The molecule has 6 heteroatoms. The lowest BCUT2D eigenvalue weighted by molar-refractivity contribution is -0.743. The van der Waals surface area contributed by atoms with Crippen molar-refractivity contribution >= 4 is 5.71 Å². The van der Waals surface area contributed by atoms with Crippen molar-refractivity contribution in [2.75, 3.05) is 0 Å². The predicted molar refractivity (Wildman–Crippen MR) is 75.0 cm³/mol. The number of aliphatic hydroxyl groups is 2. The van der Waals surface area contributed by atoms with Crippen molar-refractivity contribution in [1.82, 2.24) is 0 Å². The minimum absolute atomic E-state index is 0.00905. The van der Waals surface area contributed by atoms with Gasteiger partial charge in [-0.15, -0.1) is 6.42 Å². The fraction of sp³-hybridized carbons (Fsp3) is 0.400. The third-order valence-corrected chi connectivity index (χ3v) is 3.28. The maximum atomic E-state index is 11.7. The van der Waals surface area contributed by atoms with E-state index in [0.29, 0.717) is 0 Å². The zero-order valence-electron chi connectivity index (χ0n) is 11.5. The van der Waals surface area contributed by atoms with Crippen molar-refractivity contribution in [2.45, 2.75) is 37.9 Å². The Morgan fingerprint density at radius 3 is 2.76 bits per heavy atom. The van der Waals surface area contributed by atoms with Crippen molar-refractivity contribution in [2.24, 2.45) is 0 Å². The van der Waals surface area contributed by atoms with Gasteiger partial charge in [-0.1, -0.05) is 36.3 Å². The third-order valence-electron chi connectivity index (χ3n) is 3.28. The summed E-state index contributed by atoms with van der Waals surface area (Å²) in [5.41, 5.74) is 0.932. The third kappa shape index (κ3) is 3.34. The first-order valence-corrected chi connectivity index (χ1v) is 6.53. The molecular formula is C15H17NO5. The van der Waals surface area contributed by atoms with Gasteiger partial charge in [0, 0.05) is 4.90 Å². The molecule has 0 bridgehead atoms. The molecule has 1 heterocycles. The zero-order chi connectivity index (χ0) is 15.4. The van der Waals surface area contributed by atoms with E-state index in [2.05, 4.69) is 0 Å². The Morgan fingerprint density at radius 1 is 1.48 bits per heavy atom. The van der Waals surface area contributed by atoms with Crippen LogP contribution in [0, 0.1) is 17.6 Å². The highest BCUT2D eigenvalue weighted by Gasteiger charge is 2.45. The molecule has 0 radical (unpaired) electrons. The molecule has 1 aromatic rings. The summed E-state index contributed by atoms with van der Waals surface area (Å²) in [5.74, 6) is 2.03. The molecule has 1 aromatic carbocycles. The van der Waals surface area contributed by atoms with Gasteiger partial charge in [0.05, 0.1) is 6.61 Å². The number of terminal acetylenes is 1. The summed E-state index contributed by atoms with van der Waals surface area (Å²) in [6.07, 6.45) is 0.543. The van der Waals surface area contributed by atoms with Crippen molar-refractivity contribution in [1.29, 1.82) is 0 Å². The smallest absolute Gasteiger partial charge is 0.279 e. The maximum Gasteiger partial charge on any atom is 0.279 e. The van der Waals surface area contributed by atoms with Gasteiger partial charge in [0.15, 0.2) is 6.10 Å². The summed E-state index contributed by atoms with van der Waals surface area (Å²) in [6.45, 7) is 1.91. The summed E-state index contributed by atoms with van der Waals surface area (Å²) in [5, 5.41) is 31.3. The van der Waals surface area contributed by atoms with Crippen LogP contribution in [0.25, 0.3) is 0 Å². The molecule has 0 aromatic heterocycles. The van der Waals surface area contributed by atoms with Crippen LogP contribution < -0.4 is 0 Å². The quantitative estimate of drug-likeness (QED) is 0.598. The van der Waals surface area contributed by atoms with Gasteiger partial charge >= 0.3 is 0 Å². The highest BCUT2D eigenvalue weighted by Crippen LogP contribution is 2.18. The first-order valence-electron chi connectivity index (χ1n) is 6.53. The van der Waals surface area contributed by atoms with Crippen LogP contribution in [-0.2, 0) is 16.2 Å². The SMILES string of the molecule is C#C[C@@H](O)[C@H]1O[N+]([O-])=C([C@@H](C)OCc2ccccc2)[C@H]1O. The van der Waals surface area contributed by atoms with Crippen LogP contribution >= 0.6 is 0 Å². The fourth-order valence-corrected chi connectivity index (χ4v) is 2.10. The van der Waals surface area contributed by atoms with Crippen LogP contribution in [0.1, 0.15) is 12.5 Å². The molecule has 112 valence electrons. The second-order valence-electron chi connectivity index (χ2n) is 4.75. The Balaban J connectivity index is 2.00. The molecule has 0 amide bonds. The summed E-state index contributed by atoms with van der Waals surface area (Å²) in [4.78, 5) is 5.00. The van der Waals surface area contributed by atoms with Crippen molar-refractivity contribution in [3.05, 3.63) is 41.1 Å². The Bertz CT molecular complexity index is 551. The van der Waals surface area contributed by atoms with E-state index < -0.39 is 24.4 Å². The molecule has 2 rings (SSSR count). The average molecular weight is 291 g/mol. The monoisotopic (exact) mass is 291 g/mol. The first kappa shape index (κ1) is 15.3. The second-order valence-corrected chi connectivity index (χ2v) is 4.75. The molecule has 6 nitrogen and oxygen atoms in total. The number of rotatable bonds is 5. The van der Waals surface area contributed by atoms with Gasteiger partial charge in [-0.25, -0.2) is 0 Å². The molecule has 2 N–H and O–H groups in total. The van der Waals surface area contributed by atoms with Crippen LogP contribution in [0.15, 0.2) is 30.3 Å². The number of benzene rings is 1. The summed E-state index contributed by atoms with van der Waals surface area (Å²) >= 11 is 0. The van der Waals surface area contributed by atoms with E-state index >= 15 is 0 Å². The largest absolute Gasteiger partial charge is 0.393 e. The molecule has 4 atom stereocenters. The van der Waals surface area contributed by atoms with E-state index in [-0.39, 0.29) is 17.2 Å². The van der Waals surface area contributed by atoms with E-state index in [1.165, 1.54) is 0 Å². The lowest BCUT2D eigenvalue weighted by atomic mass is 10.0. The number of ether oxygens (including phenoxy) is 1. The predicted octanol–water partition coefficient (Wildman–Crippen LogP) is 0.212. The summed E-state index contributed by atoms with van der Waals surface area (Å²) in [7, 11) is 0. The van der Waals surface area contributed by atoms with Crippen molar-refractivity contribution in [3.63, 3.8) is 0 Å². The summed E-state index contributed by atoms with van der Waals surface area (Å²) < 4.78 is 5.56. The topological polar surface area (TPSA) is 85.0 Å². The number of aliphatic hydroxyl groups excluding tert-OH is 2. The van der Waals surface area contributed by atoms with Crippen molar-refractivity contribution in [3.8, 4) is 12.3 Å². The number of nitrogens with zero attached hydrogens (tertiary/aromatic N) is 1. The molecule has 0 aliphatic carbocycles. The highest BCUT2D eigenvalue weighted by atomic mass is 16.9. The van der Waals surface area contributed by atoms with Gasteiger partial charge in [-0.2, -0.15) is 0 Å². The molecule has 21 heavy (non-hydrogen) atoms. The molecule has 0 saturated carbocycles. The standard InChI is InChI=1S/C15H17NO5/c1-3-12(17)15-14(18)13(16(19)21-15)10(2)20-9-11-7-5-4-6-8-11/h1,4-8,10,12,14-15,17-18H,9H2,2H3/t10-,12-,14-,15-/m1/s1. The Labute approximate surface area is 122 Å². The molecular weight excluding hydrogens is 274 g/mol. The van der Waals surface area contributed by atoms with Gasteiger partial charge < -0.3 is 19.8 Å². The van der Waals surface area contributed by atoms with Crippen LogP contribution in [0.5, 0.6) is 0 Å². The molecule has 0 unspecified atom stereocenters. The lowest BCUT2D eigenvalue weighted by Gasteiger charge is -2.17. The fourth-order valence-electron chi connectivity index (χ4n) is 2.10. The Kier molecular flexibility index (Phi) is 4.81. The van der Waals surface area contributed by atoms with Crippen LogP contribution in [0.4, 0.5) is 0 Å². The van der Waals surface area contributed by atoms with Gasteiger partial charge in [-0.05, 0) is 12.5 Å². The second kappa shape index (κ2) is 6.59. The first-order chi connectivity index (χ1) is 10.0. The van der Waals surface area contributed by atoms with E-state index in [1.54, 1.807) is 6.92 Å². The van der Waals surface area contributed by atoms with Crippen LogP contribution in [0.2, 0.25) is 0 Å².